The number of piperidine rings is 1. The van der Waals surface area contributed by atoms with Crippen LogP contribution in [0, 0.1) is 0 Å². The van der Waals surface area contributed by atoms with Crippen molar-refractivity contribution in [2.45, 2.75) is 31.7 Å². The predicted molar refractivity (Wildman–Crippen MR) is 88.4 cm³/mol. The molecule has 2 N–H and O–H groups in total. The van der Waals surface area contributed by atoms with Gasteiger partial charge >= 0.3 is 0 Å². The van der Waals surface area contributed by atoms with Crippen molar-refractivity contribution >= 4 is 31.6 Å². The number of halogens is 1. The summed E-state index contributed by atoms with van der Waals surface area (Å²) in [6.07, 6.45) is 4.03. The summed E-state index contributed by atoms with van der Waals surface area (Å²) in [5.74, 6) is 0.623. The molecule has 21 heavy (non-hydrogen) atoms. The third kappa shape index (κ3) is 5.16. The minimum Gasteiger partial charge on any atom is -0.495 e. The van der Waals surface area contributed by atoms with E-state index in [9.17, 15) is 8.42 Å². The maximum absolute atomic E-state index is 12.2. The topological polar surface area (TPSA) is 67.4 Å². The molecule has 0 aliphatic carbocycles. The number of methoxy groups -OCH3 is 1. The summed E-state index contributed by atoms with van der Waals surface area (Å²) in [4.78, 5) is 0. The number of sulfonamides is 1. The minimum absolute atomic E-state index is 0.111. The standard InChI is InChI=1S/C14H21BrN2O3S/c1-20-14-6-5-11(15)10-13(14)17-21(18,19)9-7-12-4-2-3-8-16-12/h5-6,10,12,16-17H,2-4,7-9H2,1H3. The van der Waals surface area contributed by atoms with Crippen LogP contribution in [0.4, 0.5) is 5.69 Å². The first-order valence-corrected chi connectivity index (χ1v) is 9.52. The molecule has 0 spiro atoms. The lowest BCUT2D eigenvalue weighted by molar-refractivity contribution is 0.393. The van der Waals surface area contributed by atoms with Gasteiger partial charge in [0.2, 0.25) is 10.0 Å². The fourth-order valence-corrected chi connectivity index (χ4v) is 4.00. The van der Waals surface area contributed by atoms with Crippen LogP contribution in [0.1, 0.15) is 25.7 Å². The van der Waals surface area contributed by atoms with Gasteiger partial charge < -0.3 is 10.1 Å². The van der Waals surface area contributed by atoms with Crippen molar-refractivity contribution in [1.82, 2.24) is 5.32 Å². The number of anilines is 1. The molecule has 0 saturated carbocycles. The third-order valence-corrected chi connectivity index (χ3v) is 5.37. The quantitative estimate of drug-likeness (QED) is 0.800. The zero-order chi connectivity index (χ0) is 15.3. The number of rotatable bonds is 6. The molecule has 1 heterocycles. The first kappa shape index (κ1) is 16.6. The summed E-state index contributed by atoms with van der Waals surface area (Å²) in [6.45, 7) is 0.984. The Bertz CT molecular complexity index is 572. The van der Waals surface area contributed by atoms with E-state index in [-0.39, 0.29) is 5.75 Å². The predicted octanol–water partition coefficient (Wildman–Crippen LogP) is 2.73. The van der Waals surface area contributed by atoms with Crippen LogP contribution < -0.4 is 14.8 Å². The Morgan fingerprint density at radius 1 is 1.43 bits per heavy atom. The van der Waals surface area contributed by atoms with Gasteiger partial charge in [-0.15, -0.1) is 0 Å². The van der Waals surface area contributed by atoms with Gasteiger partial charge in [0.15, 0.2) is 0 Å². The Morgan fingerprint density at radius 3 is 2.90 bits per heavy atom. The molecule has 1 aromatic rings. The van der Waals surface area contributed by atoms with Crippen molar-refractivity contribution in [3.63, 3.8) is 0 Å². The highest BCUT2D eigenvalue weighted by atomic mass is 79.9. The molecule has 0 radical (unpaired) electrons. The van der Waals surface area contributed by atoms with Crippen LogP contribution in [0.2, 0.25) is 0 Å². The van der Waals surface area contributed by atoms with Crippen molar-refractivity contribution in [2.24, 2.45) is 0 Å². The number of ether oxygens (including phenoxy) is 1. The molecule has 0 bridgehead atoms. The lowest BCUT2D eigenvalue weighted by atomic mass is 10.0. The number of nitrogens with one attached hydrogen (secondary N) is 2. The van der Waals surface area contributed by atoms with E-state index in [1.54, 1.807) is 12.1 Å². The van der Waals surface area contributed by atoms with Gasteiger partial charge in [-0.2, -0.15) is 0 Å². The Hall–Kier alpha value is -0.790. The zero-order valence-electron chi connectivity index (χ0n) is 12.1. The number of hydrogen-bond donors (Lipinski definition) is 2. The van der Waals surface area contributed by atoms with Crippen LogP contribution in [-0.2, 0) is 10.0 Å². The highest BCUT2D eigenvalue weighted by Crippen LogP contribution is 2.29. The molecular weight excluding hydrogens is 356 g/mol. The molecule has 1 saturated heterocycles. The van der Waals surface area contributed by atoms with Gasteiger partial charge in [0.1, 0.15) is 5.75 Å². The Labute approximate surface area is 134 Å². The summed E-state index contributed by atoms with van der Waals surface area (Å²) in [6, 6.07) is 5.54. The van der Waals surface area contributed by atoms with Gasteiger partial charge in [0.25, 0.3) is 0 Å². The first-order chi connectivity index (χ1) is 10.00. The van der Waals surface area contributed by atoms with Crippen LogP contribution in [0.15, 0.2) is 22.7 Å². The second-order valence-electron chi connectivity index (χ2n) is 5.20. The molecule has 1 unspecified atom stereocenters. The molecule has 0 aromatic heterocycles. The van der Waals surface area contributed by atoms with Gasteiger partial charge in [-0.1, -0.05) is 22.4 Å². The van der Waals surface area contributed by atoms with Gasteiger partial charge in [0, 0.05) is 10.5 Å². The summed E-state index contributed by atoms with van der Waals surface area (Å²) < 4.78 is 33.0. The molecule has 0 amide bonds. The van der Waals surface area contributed by atoms with Gasteiger partial charge in [-0.25, -0.2) is 8.42 Å². The van der Waals surface area contributed by atoms with Crippen molar-refractivity contribution in [1.29, 1.82) is 0 Å². The van der Waals surface area contributed by atoms with E-state index in [0.717, 1.165) is 17.4 Å². The van der Waals surface area contributed by atoms with Crippen molar-refractivity contribution < 1.29 is 13.2 Å². The monoisotopic (exact) mass is 376 g/mol. The molecule has 2 rings (SSSR count). The smallest absolute Gasteiger partial charge is 0.232 e. The average Bonchev–Trinajstić information content (AvgIpc) is 2.46. The van der Waals surface area contributed by atoms with E-state index in [1.165, 1.54) is 20.0 Å². The van der Waals surface area contributed by atoms with E-state index in [0.29, 0.717) is 23.9 Å². The molecule has 1 atom stereocenters. The summed E-state index contributed by atoms with van der Waals surface area (Å²) >= 11 is 3.33. The highest BCUT2D eigenvalue weighted by Gasteiger charge is 2.18. The second kappa shape index (κ2) is 7.47. The Balaban J connectivity index is 1.98. The van der Waals surface area contributed by atoms with E-state index >= 15 is 0 Å². The number of benzene rings is 1. The first-order valence-electron chi connectivity index (χ1n) is 7.07. The normalized spacial score (nSPS) is 19.2. The van der Waals surface area contributed by atoms with Crippen LogP contribution in [0.3, 0.4) is 0 Å². The molecule has 1 fully saturated rings. The van der Waals surface area contributed by atoms with Gasteiger partial charge in [-0.3, -0.25) is 4.72 Å². The molecule has 118 valence electrons. The Kier molecular flexibility index (Phi) is 5.89. The van der Waals surface area contributed by atoms with Gasteiger partial charge in [-0.05, 0) is 44.0 Å². The molecule has 1 aliphatic rings. The van der Waals surface area contributed by atoms with Crippen molar-refractivity contribution in [2.75, 3.05) is 24.1 Å². The summed E-state index contributed by atoms with van der Waals surface area (Å²) in [5.41, 5.74) is 0.462. The minimum atomic E-state index is -3.37. The van der Waals surface area contributed by atoms with E-state index in [2.05, 4.69) is 26.0 Å². The lowest BCUT2D eigenvalue weighted by Gasteiger charge is -2.23. The maximum Gasteiger partial charge on any atom is 0.232 e. The average molecular weight is 377 g/mol. The number of hydrogen-bond acceptors (Lipinski definition) is 4. The SMILES string of the molecule is COc1ccc(Br)cc1NS(=O)(=O)CCC1CCCCN1. The van der Waals surface area contributed by atoms with Crippen molar-refractivity contribution in [3.05, 3.63) is 22.7 Å². The second-order valence-corrected chi connectivity index (χ2v) is 7.96. The molecule has 1 aromatic carbocycles. The third-order valence-electron chi connectivity index (χ3n) is 3.57. The van der Waals surface area contributed by atoms with Crippen LogP contribution >= 0.6 is 15.9 Å². The van der Waals surface area contributed by atoms with Crippen LogP contribution in [0.25, 0.3) is 0 Å². The van der Waals surface area contributed by atoms with E-state index < -0.39 is 10.0 Å². The zero-order valence-corrected chi connectivity index (χ0v) is 14.5. The summed E-state index contributed by atoms with van der Waals surface area (Å²) in [7, 11) is -1.85. The van der Waals surface area contributed by atoms with Crippen LogP contribution in [-0.4, -0.2) is 33.9 Å². The maximum atomic E-state index is 12.2. The fourth-order valence-electron chi connectivity index (χ4n) is 2.45. The largest absolute Gasteiger partial charge is 0.495 e. The lowest BCUT2D eigenvalue weighted by Crippen LogP contribution is -2.36. The van der Waals surface area contributed by atoms with E-state index in [4.69, 9.17) is 4.74 Å². The molecule has 5 nitrogen and oxygen atoms in total. The molecular formula is C14H21BrN2O3S. The van der Waals surface area contributed by atoms with Crippen molar-refractivity contribution in [3.8, 4) is 5.75 Å². The fraction of sp³-hybridized carbons (Fsp3) is 0.571. The molecule has 7 heteroatoms. The van der Waals surface area contributed by atoms with Crippen LogP contribution in [0.5, 0.6) is 5.75 Å². The van der Waals surface area contributed by atoms with Gasteiger partial charge in [0.05, 0.1) is 18.6 Å². The molecule has 1 aliphatic heterocycles. The summed E-state index contributed by atoms with van der Waals surface area (Å²) in [5, 5.41) is 3.36. The Morgan fingerprint density at radius 2 is 2.24 bits per heavy atom. The highest BCUT2D eigenvalue weighted by molar-refractivity contribution is 9.10. The van der Waals surface area contributed by atoms with E-state index in [1.807, 2.05) is 6.07 Å².